The molecule has 2 fully saturated rings. The summed E-state index contributed by atoms with van der Waals surface area (Å²) >= 11 is 6.76. The predicted molar refractivity (Wildman–Crippen MR) is 172 cm³/mol. The fourth-order valence-electron chi connectivity index (χ4n) is 7.08. The number of nitrogen functional groups attached to an aromatic ring is 2. The van der Waals surface area contributed by atoms with Crippen molar-refractivity contribution >= 4 is 40.0 Å². The average molecular weight is 707 g/mol. The molecule has 6 heterocycles. The molecule has 3 aromatic heterocycles. The van der Waals surface area contributed by atoms with Gasteiger partial charge in [0.15, 0.2) is 11.6 Å². The van der Waals surface area contributed by atoms with Crippen molar-refractivity contribution in [3.8, 4) is 23.0 Å². The Balaban J connectivity index is 1.43. The standard InChI is InChI=1S/C32H32ClF5N8O3/c1-14-9-20(39)42-26(23(14)32(36,37)38)21-24(33)28-22-27(25(21)35)43-31(49-13-18-4-3-17-12-47-7-5-46(17)18)44-30(22)45(6-8-48-28)15(2)19-10-16(34)11-41-29(19)40/h9-11,15,17-18H,3-8,12-13H2,1-2H3,(H2,39,42)(H2,40,41)/t15-,17-,18-/m0/s1. The summed E-state index contributed by atoms with van der Waals surface area (Å²) in [7, 11) is 0. The molecule has 0 radical (unpaired) electrons. The third kappa shape index (κ3) is 5.88. The zero-order valence-corrected chi connectivity index (χ0v) is 27.2. The third-order valence-electron chi connectivity index (χ3n) is 9.36. The molecule has 0 amide bonds. The van der Waals surface area contributed by atoms with Crippen LogP contribution in [0.15, 0.2) is 18.3 Å². The summed E-state index contributed by atoms with van der Waals surface area (Å²) in [6.07, 6.45) is -2.20. The summed E-state index contributed by atoms with van der Waals surface area (Å²) in [5.74, 6) is -2.10. The highest BCUT2D eigenvalue weighted by molar-refractivity contribution is 6.36. The molecule has 260 valence electrons. The van der Waals surface area contributed by atoms with Crippen molar-refractivity contribution in [3.05, 3.63) is 51.7 Å². The van der Waals surface area contributed by atoms with E-state index in [9.17, 15) is 17.6 Å². The van der Waals surface area contributed by atoms with E-state index in [4.69, 9.17) is 37.3 Å². The third-order valence-corrected chi connectivity index (χ3v) is 9.72. The highest BCUT2D eigenvalue weighted by atomic mass is 35.5. The first-order valence-electron chi connectivity index (χ1n) is 15.7. The van der Waals surface area contributed by atoms with E-state index >= 15 is 4.39 Å². The van der Waals surface area contributed by atoms with Gasteiger partial charge in [-0.1, -0.05) is 11.6 Å². The van der Waals surface area contributed by atoms with Crippen LogP contribution in [0.2, 0.25) is 5.02 Å². The smallest absolute Gasteiger partial charge is 0.418 e. The summed E-state index contributed by atoms with van der Waals surface area (Å²) in [4.78, 5) is 20.9. The average Bonchev–Trinajstić information content (AvgIpc) is 3.36. The van der Waals surface area contributed by atoms with Gasteiger partial charge < -0.3 is 30.6 Å². The Labute approximate surface area is 282 Å². The summed E-state index contributed by atoms with van der Waals surface area (Å²) in [5, 5.41) is -0.494. The second-order valence-corrected chi connectivity index (χ2v) is 12.7. The van der Waals surface area contributed by atoms with E-state index in [1.54, 1.807) is 11.8 Å². The van der Waals surface area contributed by atoms with Crippen molar-refractivity contribution in [3.63, 3.8) is 0 Å². The number of fused-ring (bicyclic) bond motifs is 1. The Morgan fingerprint density at radius 2 is 1.90 bits per heavy atom. The van der Waals surface area contributed by atoms with E-state index in [-0.39, 0.29) is 72.0 Å². The summed E-state index contributed by atoms with van der Waals surface area (Å²) in [5.41, 5.74) is 8.94. The van der Waals surface area contributed by atoms with Gasteiger partial charge in [-0.3, -0.25) is 4.90 Å². The largest absolute Gasteiger partial charge is 0.489 e. The number of ether oxygens (including phenoxy) is 3. The van der Waals surface area contributed by atoms with Crippen molar-refractivity contribution in [2.75, 3.05) is 55.9 Å². The van der Waals surface area contributed by atoms with E-state index in [0.717, 1.165) is 31.6 Å². The molecule has 0 unspecified atom stereocenters. The van der Waals surface area contributed by atoms with Gasteiger partial charge in [0.1, 0.15) is 42.0 Å². The first-order chi connectivity index (χ1) is 23.3. The number of benzene rings is 1. The number of aryl methyl sites for hydroxylation is 1. The van der Waals surface area contributed by atoms with Crippen molar-refractivity contribution in [2.24, 2.45) is 0 Å². The number of hydrogen-bond acceptors (Lipinski definition) is 11. The highest BCUT2D eigenvalue weighted by Crippen LogP contribution is 2.51. The van der Waals surface area contributed by atoms with E-state index in [2.05, 4.69) is 24.8 Å². The number of rotatable bonds is 6. The van der Waals surface area contributed by atoms with Crippen LogP contribution >= 0.6 is 11.6 Å². The van der Waals surface area contributed by atoms with Crippen molar-refractivity contribution < 1.29 is 36.2 Å². The minimum atomic E-state index is -4.94. The van der Waals surface area contributed by atoms with E-state index in [0.29, 0.717) is 18.8 Å². The van der Waals surface area contributed by atoms with Gasteiger partial charge >= 0.3 is 12.2 Å². The lowest BCUT2D eigenvalue weighted by Crippen LogP contribution is -2.46. The van der Waals surface area contributed by atoms with Crippen LogP contribution in [0.5, 0.6) is 11.8 Å². The number of nitrogens with zero attached hydrogens (tertiary/aromatic N) is 6. The predicted octanol–water partition coefficient (Wildman–Crippen LogP) is 5.71. The molecule has 17 heteroatoms. The second kappa shape index (κ2) is 12.6. The zero-order chi connectivity index (χ0) is 34.8. The molecular weight excluding hydrogens is 675 g/mol. The maximum absolute atomic E-state index is 17.0. The van der Waals surface area contributed by atoms with Gasteiger partial charge in [-0.05, 0) is 44.4 Å². The summed E-state index contributed by atoms with van der Waals surface area (Å²) in [6, 6.07) is 1.63. The molecule has 2 saturated heterocycles. The Morgan fingerprint density at radius 1 is 1.10 bits per heavy atom. The van der Waals surface area contributed by atoms with Gasteiger partial charge in [0.25, 0.3) is 0 Å². The Bertz CT molecular complexity index is 1950. The van der Waals surface area contributed by atoms with Crippen molar-refractivity contribution in [2.45, 2.75) is 51.0 Å². The van der Waals surface area contributed by atoms with Gasteiger partial charge in [-0.15, -0.1) is 0 Å². The number of pyridine rings is 2. The molecule has 4 aromatic rings. The van der Waals surface area contributed by atoms with Crippen LogP contribution in [0.25, 0.3) is 22.2 Å². The molecule has 4 N–H and O–H groups in total. The lowest BCUT2D eigenvalue weighted by atomic mass is 9.98. The number of aromatic nitrogens is 4. The van der Waals surface area contributed by atoms with Gasteiger partial charge in [-0.25, -0.2) is 18.7 Å². The van der Waals surface area contributed by atoms with Crippen LogP contribution in [0.4, 0.5) is 39.4 Å². The SMILES string of the molecule is Cc1cc(N)nc(-c2c(Cl)c3c4c(nc(OC[C@@H]5CC[C@H]6COCCN65)nc4c2F)N([C@@H](C)c2cc(F)cnc2N)CCO3)c1C(F)(F)F. The Kier molecular flexibility index (Phi) is 8.51. The Hall–Kier alpha value is -4.28. The summed E-state index contributed by atoms with van der Waals surface area (Å²) in [6.45, 7) is 5.05. The van der Waals surface area contributed by atoms with Crippen LogP contribution in [0.1, 0.15) is 42.5 Å². The minimum absolute atomic E-state index is 0.0128. The number of hydrogen-bond donors (Lipinski definition) is 2. The molecule has 49 heavy (non-hydrogen) atoms. The quantitative estimate of drug-likeness (QED) is 0.239. The number of halogens is 6. The van der Waals surface area contributed by atoms with Crippen LogP contribution in [0.3, 0.4) is 0 Å². The second-order valence-electron chi connectivity index (χ2n) is 12.3. The number of alkyl halides is 3. The lowest BCUT2D eigenvalue weighted by molar-refractivity contribution is -0.137. The van der Waals surface area contributed by atoms with E-state index in [1.165, 1.54) is 13.0 Å². The summed E-state index contributed by atoms with van der Waals surface area (Å²) < 4.78 is 92.4. The van der Waals surface area contributed by atoms with Gasteiger partial charge in [-0.2, -0.15) is 23.1 Å². The van der Waals surface area contributed by atoms with Crippen molar-refractivity contribution in [1.82, 2.24) is 24.8 Å². The van der Waals surface area contributed by atoms with Crippen LogP contribution in [-0.4, -0.2) is 76.4 Å². The van der Waals surface area contributed by atoms with E-state index in [1.807, 2.05) is 0 Å². The molecule has 0 saturated carbocycles. The maximum Gasteiger partial charge on any atom is 0.418 e. The fraction of sp³-hybridized carbons (Fsp3) is 0.438. The number of anilines is 3. The molecule has 3 aliphatic rings. The first kappa shape index (κ1) is 33.2. The molecular formula is C32H32ClF5N8O3. The van der Waals surface area contributed by atoms with Gasteiger partial charge in [0, 0.05) is 24.2 Å². The fourth-order valence-corrected chi connectivity index (χ4v) is 7.40. The van der Waals surface area contributed by atoms with Gasteiger partial charge in [0.05, 0.1) is 59.2 Å². The first-order valence-corrected chi connectivity index (χ1v) is 16.0. The molecule has 7 rings (SSSR count). The zero-order valence-electron chi connectivity index (χ0n) is 26.5. The monoisotopic (exact) mass is 706 g/mol. The molecule has 0 bridgehead atoms. The normalized spacial score (nSPS) is 20.2. The highest BCUT2D eigenvalue weighted by Gasteiger charge is 2.41. The molecule has 11 nitrogen and oxygen atoms in total. The topological polar surface area (TPSA) is 138 Å². The van der Waals surface area contributed by atoms with Crippen molar-refractivity contribution in [1.29, 1.82) is 0 Å². The lowest BCUT2D eigenvalue weighted by Gasteiger charge is -2.33. The number of nitrogens with two attached hydrogens (primary N) is 2. The van der Waals surface area contributed by atoms with Crippen LogP contribution in [-0.2, 0) is 10.9 Å². The van der Waals surface area contributed by atoms with Crippen LogP contribution in [0, 0.1) is 18.6 Å². The molecule has 3 aliphatic heterocycles. The molecule has 0 aliphatic carbocycles. The Morgan fingerprint density at radius 3 is 2.67 bits per heavy atom. The van der Waals surface area contributed by atoms with Gasteiger partial charge in [0.2, 0.25) is 0 Å². The molecule has 3 atom stereocenters. The van der Waals surface area contributed by atoms with Crippen LogP contribution < -0.4 is 25.8 Å². The minimum Gasteiger partial charge on any atom is -0.489 e. The maximum atomic E-state index is 17.0. The number of morpholine rings is 1. The van der Waals surface area contributed by atoms with E-state index < -0.39 is 51.2 Å². The molecule has 1 aromatic carbocycles. The molecule has 0 spiro atoms.